The van der Waals surface area contributed by atoms with E-state index in [9.17, 15) is 18.5 Å². The van der Waals surface area contributed by atoms with E-state index in [4.69, 9.17) is 0 Å². The van der Waals surface area contributed by atoms with Gasteiger partial charge in [0.25, 0.3) is 5.69 Å². The van der Waals surface area contributed by atoms with Crippen LogP contribution in [0.1, 0.15) is 25.7 Å². The van der Waals surface area contributed by atoms with Gasteiger partial charge in [-0.15, -0.1) is 0 Å². The molecule has 3 aromatic rings. The van der Waals surface area contributed by atoms with Gasteiger partial charge in [-0.3, -0.25) is 10.1 Å². The van der Waals surface area contributed by atoms with Crippen molar-refractivity contribution >= 4 is 38.4 Å². The first kappa shape index (κ1) is 24.8. The molecule has 0 aliphatic heterocycles. The minimum absolute atomic E-state index is 0.0861. The molecule has 1 saturated carbocycles. The number of para-hydroxylation sites is 1. The van der Waals surface area contributed by atoms with E-state index >= 15 is 0 Å². The molecular formula is C24H30N6O4S. The maximum absolute atomic E-state index is 12.6. The first-order valence-electron chi connectivity index (χ1n) is 11.6. The molecule has 1 fully saturated rings. The highest BCUT2D eigenvalue weighted by molar-refractivity contribution is 7.89. The van der Waals surface area contributed by atoms with Gasteiger partial charge in [0.15, 0.2) is 0 Å². The Morgan fingerprint density at radius 3 is 2.37 bits per heavy atom. The van der Waals surface area contributed by atoms with Gasteiger partial charge >= 0.3 is 0 Å². The molecule has 1 heterocycles. The predicted molar refractivity (Wildman–Crippen MR) is 136 cm³/mol. The molecule has 0 amide bonds. The predicted octanol–water partition coefficient (Wildman–Crippen LogP) is 3.80. The standard InChI is InChI=1S/C24H30N6O4S/c1-29(2)23-21-8-3-4-9-22(21)27-24(28-23)25-15-17-10-12-18(13-11-17)16-26-35(33,34)20-7-5-6-19(14-20)30(31)32/h3-9,14,17-18,26H,10-13,15-16H2,1-2H3,(H,25,27,28)/t17-,18-. The molecule has 35 heavy (non-hydrogen) atoms. The fourth-order valence-corrected chi connectivity index (χ4v) is 5.59. The van der Waals surface area contributed by atoms with Crippen LogP contribution in [0, 0.1) is 22.0 Å². The second kappa shape index (κ2) is 10.5. The van der Waals surface area contributed by atoms with E-state index < -0.39 is 14.9 Å². The van der Waals surface area contributed by atoms with Gasteiger partial charge in [-0.25, -0.2) is 18.1 Å². The number of nitrogens with zero attached hydrogens (tertiary/aromatic N) is 4. The van der Waals surface area contributed by atoms with Gasteiger partial charge in [0.2, 0.25) is 16.0 Å². The van der Waals surface area contributed by atoms with Crippen LogP contribution in [-0.4, -0.2) is 50.5 Å². The number of benzene rings is 2. The zero-order valence-corrected chi connectivity index (χ0v) is 20.7. The molecular weight excluding hydrogens is 468 g/mol. The Balaban J connectivity index is 1.29. The number of hydrogen-bond donors (Lipinski definition) is 2. The molecule has 0 atom stereocenters. The van der Waals surface area contributed by atoms with E-state index in [-0.39, 0.29) is 16.5 Å². The summed E-state index contributed by atoms with van der Waals surface area (Å²) in [6.07, 6.45) is 3.77. The van der Waals surface area contributed by atoms with E-state index in [0.29, 0.717) is 18.4 Å². The van der Waals surface area contributed by atoms with Crippen LogP contribution in [-0.2, 0) is 10.0 Å². The second-order valence-corrected chi connectivity index (χ2v) is 10.9. The lowest BCUT2D eigenvalue weighted by atomic mass is 9.82. The summed E-state index contributed by atoms with van der Waals surface area (Å²) in [6.45, 7) is 1.09. The van der Waals surface area contributed by atoms with E-state index in [1.807, 2.05) is 43.3 Å². The molecule has 11 heteroatoms. The molecule has 2 aromatic carbocycles. The highest BCUT2D eigenvalue weighted by Crippen LogP contribution is 2.30. The summed E-state index contributed by atoms with van der Waals surface area (Å²) in [5.41, 5.74) is 0.655. The molecule has 1 aliphatic carbocycles. The number of non-ortho nitro benzene ring substituents is 1. The zero-order chi connectivity index (χ0) is 25.0. The number of aromatic nitrogens is 2. The van der Waals surface area contributed by atoms with Crippen molar-refractivity contribution in [3.63, 3.8) is 0 Å². The molecule has 0 unspecified atom stereocenters. The van der Waals surface area contributed by atoms with Crippen molar-refractivity contribution < 1.29 is 13.3 Å². The quantitative estimate of drug-likeness (QED) is 0.336. The molecule has 10 nitrogen and oxygen atoms in total. The third kappa shape index (κ3) is 6.04. The van der Waals surface area contributed by atoms with Gasteiger partial charge in [0.05, 0.1) is 15.3 Å². The molecule has 1 aromatic heterocycles. The maximum atomic E-state index is 12.6. The third-order valence-corrected chi connectivity index (χ3v) is 7.84. The van der Waals surface area contributed by atoms with Gasteiger partial charge in [-0.05, 0) is 55.7 Å². The van der Waals surface area contributed by atoms with Gasteiger partial charge in [0, 0.05) is 44.7 Å². The van der Waals surface area contributed by atoms with Crippen LogP contribution in [0.4, 0.5) is 17.5 Å². The van der Waals surface area contributed by atoms with Crippen LogP contribution in [0.5, 0.6) is 0 Å². The van der Waals surface area contributed by atoms with Crippen molar-refractivity contribution in [3.8, 4) is 0 Å². The second-order valence-electron chi connectivity index (χ2n) is 9.16. The van der Waals surface area contributed by atoms with E-state index in [1.54, 1.807) is 0 Å². The Labute approximate surface area is 205 Å². The number of nitro benzene ring substituents is 1. The van der Waals surface area contributed by atoms with Crippen LogP contribution < -0.4 is 14.9 Å². The molecule has 0 spiro atoms. The van der Waals surface area contributed by atoms with Crippen molar-refractivity contribution in [1.82, 2.24) is 14.7 Å². The normalized spacial score (nSPS) is 18.3. The Hall–Kier alpha value is -3.31. The number of nitro groups is 1. The van der Waals surface area contributed by atoms with E-state index in [0.717, 1.165) is 55.0 Å². The van der Waals surface area contributed by atoms with Crippen molar-refractivity contribution in [2.75, 3.05) is 37.4 Å². The van der Waals surface area contributed by atoms with Crippen molar-refractivity contribution in [2.45, 2.75) is 30.6 Å². The first-order chi connectivity index (χ1) is 16.7. The number of hydrogen-bond acceptors (Lipinski definition) is 8. The number of nitrogens with one attached hydrogen (secondary N) is 2. The van der Waals surface area contributed by atoms with Crippen LogP contribution in [0.2, 0.25) is 0 Å². The minimum atomic E-state index is -3.79. The molecule has 0 radical (unpaired) electrons. The van der Waals surface area contributed by atoms with Gasteiger partial charge < -0.3 is 10.2 Å². The SMILES string of the molecule is CN(C)c1nc(NC[C@H]2CC[C@H](CNS(=O)(=O)c3cccc([N+](=O)[O-])c3)CC2)nc2ccccc12. The summed E-state index contributed by atoms with van der Waals surface area (Å²) < 4.78 is 27.8. The maximum Gasteiger partial charge on any atom is 0.270 e. The molecule has 0 saturated heterocycles. The number of rotatable bonds is 9. The Morgan fingerprint density at radius 2 is 1.69 bits per heavy atom. The summed E-state index contributed by atoms with van der Waals surface area (Å²) in [4.78, 5) is 21.6. The van der Waals surface area contributed by atoms with Crippen molar-refractivity contribution in [1.29, 1.82) is 0 Å². The van der Waals surface area contributed by atoms with Gasteiger partial charge in [-0.2, -0.15) is 4.98 Å². The van der Waals surface area contributed by atoms with Crippen molar-refractivity contribution in [2.24, 2.45) is 11.8 Å². The molecule has 0 bridgehead atoms. The van der Waals surface area contributed by atoms with Crippen LogP contribution in [0.15, 0.2) is 53.4 Å². The summed E-state index contributed by atoms with van der Waals surface area (Å²) in [5.74, 6) is 2.17. The smallest absolute Gasteiger partial charge is 0.270 e. The number of anilines is 2. The third-order valence-electron chi connectivity index (χ3n) is 6.42. The summed E-state index contributed by atoms with van der Waals surface area (Å²) in [7, 11) is 0.139. The lowest BCUT2D eigenvalue weighted by Gasteiger charge is -2.28. The topological polar surface area (TPSA) is 130 Å². The van der Waals surface area contributed by atoms with Crippen LogP contribution in [0.25, 0.3) is 10.9 Å². The van der Waals surface area contributed by atoms with Crippen molar-refractivity contribution in [3.05, 3.63) is 58.6 Å². The summed E-state index contributed by atoms with van der Waals surface area (Å²) in [5, 5.41) is 15.3. The largest absolute Gasteiger partial charge is 0.362 e. The molecule has 1 aliphatic rings. The molecule has 2 N–H and O–H groups in total. The van der Waals surface area contributed by atoms with Gasteiger partial charge in [0.1, 0.15) is 5.82 Å². The average Bonchev–Trinajstić information content (AvgIpc) is 2.86. The van der Waals surface area contributed by atoms with Crippen LogP contribution >= 0.6 is 0 Å². The van der Waals surface area contributed by atoms with Gasteiger partial charge in [-0.1, -0.05) is 18.2 Å². The summed E-state index contributed by atoms with van der Waals surface area (Å²) in [6, 6.07) is 13.1. The summed E-state index contributed by atoms with van der Waals surface area (Å²) >= 11 is 0. The average molecular weight is 499 g/mol. The number of sulfonamides is 1. The Kier molecular flexibility index (Phi) is 7.46. The highest BCUT2D eigenvalue weighted by Gasteiger charge is 2.24. The molecule has 4 rings (SSSR count). The monoisotopic (exact) mass is 498 g/mol. The lowest BCUT2D eigenvalue weighted by Crippen LogP contribution is -2.32. The zero-order valence-electron chi connectivity index (χ0n) is 19.8. The Bertz CT molecular complexity index is 1310. The Morgan fingerprint density at radius 1 is 1.00 bits per heavy atom. The van der Waals surface area contributed by atoms with Crippen LogP contribution in [0.3, 0.4) is 0 Å². The lowest BCUT2D eigenvalue weighted by molar-refractivity contribution is -0.385. The highest BCUT2D eigenvalue weighted by atomic mass is 32.2. The fourth-order valence-electron chi connectivity index (χ4n) is 4.43. The minimum Gasteiger partial charge on any atom is -0.362 e. The molecule has 186 valence electrons. The first-order valence-corrected chi connectivity index (χ1v) is 13.1. The van der Waals surface area contributed by atoms with E-state index in [1.165, 1.54) is 18.2 Å². The number of fused-ring (bicyclic) bond motifs is 1. The fraction of sp³-hybridized carbons (Fsp3) is 0.417. The van der Waals surface area contributed by atoms with E-state index in [2.05, 4.69) is 20.0 Å².